The summed E-state index contributed by atoms with van der Waals surface area (Å²) in [5, 5.41) is 3.40. The van der Waals surface area contributed by atoms with Gasteiger partial charge in [-0.15, -0.1) is 0 Å². The van der Waals surface area contributed by atoms with Crippen LogP contribution in [0.5, 0.6) is 0 Å². The Hall–Kier alpha value is -2.08. The molecule has 2 heterocycles. The van der Waals surface area contributed by atoms with Gasteiger partial charge in [-0.25, -0.2) is 9.78 Å². The van der Waals surface area contributed by atoms with E-state index in [2.05, 4.69) is 15.3 Å². The van der Waals surface area contributed by atoms with E-state index in [0.717, 1.165) is 19.3 Å². The molecule has 3 rings (SSSR count). The number of halogens is 1. The molecule has 1 aliphatic rings. The molecule has 0 spiro atoms. The molecule has 1 saturated carbocycles. The van der Waals surface area contributed by atoms with Gasteiger partial charge in [-0.2, -0.15) is 4.98 Å². The van der Waals surface area contributed by atoms with Crippen LogP contribution in [0.15, 0.2) is 30.6 Å². The third kappa shape index (κ3) is 5.96. The summed E-state index contributed by atoms with van der Waals surface area (Å²) < 4.78 is 7.51. The topological polar surface area (TPSA) is 69.0 Å². The number of carbonyl (C=O) groups excluding carboxylic acids is 1. The molecule has 1 N–H and O–H groups in total. The van der Waals surface area contributed by atoms with Crippen LogP contribution in [0.25, 0.3) is 5.82 Å². The van der Waals surface area contributed by atoms with Gasteiger partial charge in [-0.05, 0) is 56.8 Å². The Labute approximate surface area is 171 Å². The van der Waals surface area contributed by atoms with Crippen LogP contribution >= 0.6 is 11.6 Å². The highest BCUT2D eigenvalue weighted by Gasteiger charge is 2.29. The Morgan fingerprint density at radius 1 is 1.25 bits per heavy atom. The van der Waals surface area contributed by atoms with Crippen LogP contribution in [-0.2, 0) is 9.53 Å². The number of carbonyl (C=O) groups is 1. The van der Waals surface area contributed by atoms with Crippen LogP contribution in [-0.4, -0.2) is 32.1 Å². The number of rotatable bonds is 6. The molecule has 0 saturated heterocycles. The van der Waals surface area contributed by atoms with Crippen LogP contribution in [0.3, 0.4) is 0 Å². The monoisotopic (exact) mass is 404 g/mol. The van der Waals surface area contributed by atoms with Crippen LogP contribution in [0.2, 0.25) is 5.28 Å². The number of nitrogens with zero attached hydrogens (tertiary/aromatic N) is 3. The number of anilines is 1. The van der Waals surface area contributed by atoms with E-state index in [4.69, 9.17) is 16.3 Å². The smallest absolute Gasteiger partial charge is 0.329 e. The van der Waals surface area contributed by atoms with E-state index in [1.54, 1.807) is 6.07 Å². The minimum absolute atomic E-state index is 0.134. The largest absolute Gasteiger partial charge is 0.458 e. The van der Waals surface area contributed by atoms with Crippen LogP contribution in [0.4, 0.5) is 5.82 Å². The van der Waals surface area contributed by atoms with Crippen molar-refractivity contribution in [1.29, 1.82) is 0 Å². The molecule has 0 bridgehead atoms. The van der Waals surface area contributed by atoms with E-state index in [1.165, 1.54) is 19.3 Å². The van der Waals surface area contributed by atoms with Gasteiger partial charge in [0, 0.05) is 18.5 Å². The Kier molecular flexibility index (Phi) is 6.60. The highest BCUT2D eigenvalue weighted by atomic mass is 35.5. The number of esters is 1. The highest BCUT2D eigenvalue weighted by Crippen LogP contribution is 2.29. The molecule has 28 heavy (non-hydrogen) atoms. The van der Waals surface area contributed by atoms with E-state index in [-0.39, 0.29) is 11.3 Å². The summed E-state index contributed by atoms with van der Waals surface area (Å²) in [5.41, 5.74) is -0.538. The maximum absolute atomic E-state index is 12.9. The molecule has 1 aliphatic carbocycles. The van der Waals surface area contributed by atoms with Crippen LogP contribution < -0.4 is 5.32 Å². The highest BCUT2D eigenvalue weighted by molar-refractivity contribution is 6.28. The lowest BCUT2D eigenvalue weighted by Crippen LogP contribution is -2.38. The summed E-state index contributed by atoms with van der Waals surface area (Å²) in [7, 11) is 0. The molecule has 0 aliphatic heterocycles. The SMILES string of the molecule is CC(C)(C)OC(=O)C(CC1CCCCC1)Nc1cc(-n2cccc2)nc(Cl)n1. The second-order valence-electron chi connectivity index (χ2n) is 8.44. The third-order valence-electron chi connectivity index (χ3n) is 4.86. The maximum atomic E-state index is 12.9. The third-order valence-corrected chi connectivity index (χ3v) is 5.03. The molecule has 0 aromatic carbocycles. The van der Waals surface area contributed by atoms with Crippen molar-refractivity contribution in [2.75, 3.05) is 5.32 Å². The molecular weight excluding hydrogens is 376 g/mol. The number of nitrogens with one attached hydrogen (secondary N) is 1. The van der Waals surface area contributed by atoms with Crippen molar-refractivity contribution in [3.05, 3.63) is 35.9 Å². The Bertz CT molecular complexity index is 780. The van der Waals surface area contributed by atoms with Crippen molar-refractivity contribution in [3.8, 4) is 5.82 Å². The van der Waals surface area contributed by atoms with Gasteiger partial charge in [0.15, 0.2) is 0 Å². The maximum Gasteiger partial charge on any atom is 0.329 e. The first-order chi connectivity index (χ1) is 13.3. The number of aromatic nitrogens is 3. The average Bonchev–Trinajstić information content (AvgIpc) is 3.15. The normalized spacial score (nSPS) is 16.6. The number of hydrogen-bond acceptors (Lipinski definition) is 5. The molecule has 0 radical (unpaired) electrons. The lowest BCUT2D eigenvalue weighted by molar-refractivity contribution is -0.156. The summed E-state index contributed by atoms with van der Waals surface area (Å²) in [5.74, 6) is 1.43. The summed E-state index contributed by atoms with van der Waals surface area (Å²) in [6.45, 7) is 5.65. The van der Waals surface area contributed by atoms with E-state index < -0.39 is 11.6 Å². The van der Waals surface area contributed by atoms with Gasteiger partial charge in [0.05, 0.1) is 0 Å². The van der Waals surface area contributed by atoms with Gasteiger partial charge in [-0.1, -0.05) is 32.1 Å². The molecule has 1 fully saturated rings. The lowest BCUT2D eigenvalue weighted by Gasteiger charge is -2.29. The minimum atomic E-state index is -0.538. The van der Waals surface area contributed by atoms with Crippen molar-refractivity contribution >= 4 is 23.4 Å². The van der Waals surface area contributed by atoms with Crippen molar-refractivity contribution in [1.82, 2.24) is 14.5 Å². The molecule has 0 amide bonds. The molecule has 152 valence electrons. The molecule has 1 unspecified atom stereocenters. The standard InChI is InChI=1S/C21H29ClN4O2/c1-21(2,3)28-19(27)16(13-15-9-5-4-6-10-15)23-17-14-18(25-20(22)24-17)26-11-7-8-12-26/h7-8,11-12,14-16H,4-6,9-10,13H2,1-3H3,(H,23,24,25). The predicted octanol–water partition coefficient (Wildman–Crippen LogP) is 5.01. The first kappa shape index (κ1) is 20.6. The van der Waals surface area contributed by atoms with Crippen molar-refractivity contribution in [2.24, 2.45) is 5.92 Å². The molecule has 2 aromatic heterocycles. The molecular formula is C21H29ClN4O2. The Balaban J connectivity index is 1.80. The zero-order valence-electron chi connectivity index (χ0n) is 16.8. The minimum Gasteiger partial charge on any atom is -0.458 e. The summed E-state index contributed by atoms with van der Waals surface area (Å²) in [6, 6.07) is 5.15. The van der Waals surface area contributed by atoms with E-state index in [9.17, 15) is 4.79 Å². The number of ether oxygens (including phenoxy) is 1. The second-order valence-corrected chi connectivity index (χ2v) is 8.78. The summed E-state index contributed by atoms with van der Waals surface area (Å²) in [6.07, 6.45) is 10.5. The summed E-state index contributed by atoms with van der Waals surface area (Å²) in [4.78, 5) is 21.4. The Morgan fingerprint density at radius 2 is 1.93 bits per heavy atom. The predicted molar refractivity (Wildman–Crippen MR) is 111 cm³/mol. The van der Waals surface area contributed by atoms with Crippen molar-refractivity contribution in [3.63, 3.8) is 0 Å². The van der Waals surface area contributed by atoms with Crippen molar-refractivity contribution < 1.29 is 9.53 Å². The van der Waals surface area contributed by atoms with Gasteiger partial charge in [-0.3, -0.25) is 0 Å². The van der Waals surface area contributed by atoms with Gasteiger partial charge < -0.3 is 14.6 Å². The van der Waals surface area contributed by atoms with Crippen LogP contribution in [0.1, 0.15) is 59.3 Å². The number of hydrogen-bond donors (Lipinski definition) is 1. The first-order valence-corrected chi connectivity index (χ1v) is 10.4. The van der Waals surface area contributed by atoms with Gasteiger partial charge >= 0.3 is 5.97 Å². The van der Waals surface area contributed by atoms with Gasteiger partial charge in [0.25, 0.3) is 0 Å². The summed E-state index contributed by atoms with van der Waals surface area (Å²) >= 11 is 6.14. The second kappa shape index (κ2) is 8.95. The fourth-order valence-electron chi connectivity index (χ4n) is 3.62. The van der Waals surface area contributed by atoms with E-state index >= 15 is 0 Å². The molecule has 7 heteroatoms. The zero-order valence-corrected chi connectivity index (χ0v) is 17.6. The van der Waals surface area contributed by atoms with Gasteiger partial charge in [0.2, 0.25) is 5.28 Å². The lowest BCUT2D eigenvalue weighted by atomic mass is 9.85. The molecule has 1 atom stereocenters. The fraction of sp³-hybridized carbons (Fsp3) is 0.571. The van der Waals surface area contributed by atoms with E-state index in [0.29, 0.717) is 17.6 Å². The molecule has 2 aromatic rings. The van der Waals surface area contributed by atoms with Crippen molar-refractivity contribution in [2.45, 2.75) is 70.9 Å². The van der Waals surface area contributed by atoms with Gasteiger partial charge in [0.1, 0.15) is 23.3 Å². The quantitative estimate of drug-likeness (QED) is 0.541. The zero-order chi connectivity index (χ0) is 20.1. The first-order valence-electron chi connectivity index (χ1n) is 9.97. The van der Waals surface area contributed by atoms with Crippen LogP contribution in [0, 0.1) is 5.92 Å². The molecule has 6 nitrogen and oxygen atoms in total. The Morgan fingerprint density at radius 3 is 2.57 bits per heavy atom. The fourth-order valence-corrected chi connectivity index (χ4v) is 3.80. The van der Waals surface area contributed by atoms with E-state index in [1.807, 2.05) is 49.9 Å². The average molecular weight is 405 g/mol.